The van der Waals surface area contributed by atoms with Crippen molar-refractivity contribution in [3.63, 3.8) is 0 Å². The molecule has 0 aromatic heterocycles. The van der Waals surface area contributed by atoms with Crippen LogP contribution in [0.3, 0.4) is 0 Å². The molecule has 4 rings (SSSR count). The molecule has 0 N–H and O–H groups in total. The van der Waals surface area contributed by atoms with Crippen molar-refractivity contribution in [3.8, 4) is 5.75 Å². The van der Waals surface area contributed by atoms with Crippen LogP contribution in [0.4, 0.5) is 18.9 Å². The summed E-state index contributed by atoms with van der Waals surface area (Å²) in [4.78, 5) is 40.6. The minimum Gasteiger partial charge on any atom is -0.491 e. The van der Waals surface area contributed by atoms with Gasteiger partial charge in [-0.15, -0.1) is 0 Å². The van der Waals surface area contributed by atoms with Crippen molar-refractivity contribution in [3.05, 3.63) is 81.0 Å². The fourth-order valence-electron chi connectivity index (χ4n) is 4.67. The Morgan fingerprint density at radius 1 is 1.14 bits per heavy atom. The lowest BCUT2D eigenvalue weighted by molar-refractivity contribution is -0.384. The smallest absolute Gasteiger partial charge is 0.430 e. The number of nitro benzene ring substituents is 1. The first-order valence-corrected chi connectivity index (χ1v) is 13.3. The van der Waals surface area contributed by atoms with Crippen molar-refractivity contribution >= 4 is 23.3 Å². The van der Waals surface area contributed by atoms with Crippen LogP contribution in [0.5, 0.6) is 5.75 Å². The second kappa shape index (κ2) is 13.1. The Balaban J connectivity index is 1.55. The summed E-state index contributed by atoms with van der Waals surface area (Å²) in [6.07, 6.45) is -3.97. The van der Waals surface area contributed by atoms with Crippen LogP contribution in [0.15, 0.2) is 64.8 Å². The number of alkyl halides is 3. The highest BCUT2D eigenvalue weighted by molar-refractivity contribution is 6.10. The van der Waals surface area contributed by atoms with E-state index in [0.29, 0.717) is 31.8 Å². The number of aryl methyl sites for hydroxylation is 1. The second-order valence-corrected chi connectivity index (χ2v) is 9.70. The standard InChI is InChI=1S/C29H29F3N2O8/c1-3-39-28(36)25-24(19-7-4-8-20(14-19)34(37)38)23(17(2)33-26(25)29(30,31)32)27(35)40-13-5-6-18-9-11-21(12-10-18)41-15-22-16-42-22/h4,7-12,14,22,24-25H,3,5-6,13,15-16H2,1-2H3. The van der Waals surface area contributed by atoms with Gasteiger partial charge in [0.2, 0.25) is 0 Å². The van der Waals surface area contributed by atoms with Gasteiger partial charge in [0.15, 0.2) is 0 Å². The zero-order valence-electron chi connectivity index (χ0n) is 22.9. The van der Waals surface area contributed by atoms with Crippen LogP contribution in [-0.2, 0) is 30.2 Å². The van der Waals surface area contributed by atoms with Gasteiger partial charge in [0, 0.05) is 23.7 Å². The topological polar surface area (TPSA) is 130 Å². The molecule has 0 spiro atoms. The number of carbonyl (C=O) groups is 2. The normalized spacial score (nSPS) is 20.0. The number of hydrogen-bond donors (Lipinski definition) is 0. The van der Waals surface area contributed by atoms with Crippen LogP contribution in [-0.4, -0.2) is 61.3 Å². The SMILES string of the molecule is CCOC(=O)C1C(C(F)(F)F)=NC(C)=C(C(=O)OCCCc2ccc(OCC3CO3)cc2)C1c1cccc([N+](=O)[O-])c1. The van der Waals surface area contributed by atoms with Crippen LogP contribution in [0.1, 0.15) is 37.3 Å². The molecule has 0 amide bonds. The van der Waals surface area contributed by atoms with Crippen LogP contribution in [0, 0.1) is 16.0 Å². The Morgan fingerprint density at radius 2 is 1.86 bits per heavy atom. The van der Waals surface area contributed by atoms with Crippen LogP contribution in [0.2, 0.25) is 0 Å². The van der Waals surface area contributed by atoms with Gasteiger partial charge in [-0.2, -0.15) is 13.2 Å². The van der Waals surface area contributed by atoms with Gasteiger partial charge in [0.05, 0.1) is 30.3 Å². The molecule has 2 aliphatic rings. The van der Waals surface area contributed by atoms with E-state index in [-0.39, 0.29) is 36.2 Å². The number of halogens is 3. The highest BCUT2D eigenvalue weighted by Crippen LogP contribution is 2.44. The van der Waals surface area contributed by atoms with Gasteiger partial charge in [-0.05, 0) is 49.9 Å². The molecule has 0 aliphatic carbocycles. The third kappa shape index (κ3) is 7.52. The van der Waals surface area contributed by atoms with E-state index in [2.05, 4.69) is 4.99 Å². The van der Waals surface area contributed by atoms with Gasteiger partial charge in [0.1, 0.15) is 30.1 Å². The van der Waals surface area contributed by atoms with Crippen molar-refractivity contribution in [2.24, 2.45) is 10.9 Å². The van der Waals surface area contributed by atoms with E-state index >= 15 is 0 Å². The van der Waals surface area contributed by atoms with E-state index in [0.717, 1.165) is 17.7 Å². The molecular formula is C29H29F3N2O8. The van der Waals surface area contributed by atoms with Crippen molar-refractivity contribution in [2.45, 2.75) is 44.9 Å². The first-order chi connectivity index (χ1) is 20.0. The molecule has 10 nitrogen and oxygen atoms in total. The Kier molecular flexibility index (Phi) is 9.61. The lowest BCUT2D eigenvalue weighted by atomic mass is 9.75. The summed E-state index contributed by atoms with van der Waals surface area (Å²) in [7, 11) is 0. The first kappa shape index (κ1) is 30.7. The third-order valence-corrected chi connectivity index (χ3v) is 6.71. The molecule has 2 aliphatic heterocycles. The van der Waals surface area contributed by atoms with Crippen LogP contribution >= 0.6 is 0 Å². The number of benzene rings is 2. The molecular weight excluding hydrogens is 561 g/mol. The van der Waals surface area contributed by atoms with Crippen LogP contribution < -0.4 is 4.74 Å². The highest BCUT2D eigenvalue weighted by atomic mass is 19.4. The maximum Gasteiger partial charge on any atom is 0.430 e. The summed E-state index contributed by atoms with van der Waals surface area (Å²) < 4.78 is 63.4. The monoisotopic (exact) mass is 590 g/mol. The van der Waals surface area contributed by atoms with Gasteiger partial charge in [-0.3, -0.25) is 19.9 Å². The largest absolute Gasteiger partial charge is 0.491 e. The Morgan fingerprint density at radius 3 is 2.48 bits per heavy atom. The fourth-order valence-corrected chi connectivity index (χ4v) is 4.67. The average Bonchev–Trinajstić information content (AvgIpc) is 3.78. The van der Waals surface area contributed by atoms with Gasteiger partial charge < -0.3 is 18.9 Å². The number of hydrogen-bond acceptors (Lipinski definition) is 9. The van der Waals surface area contributed by atoms with Crippen molar-refractivity contribution in [2.75, 3.05) is 26.4 Å². The Bertz CT molecular complexity index is 1380. The number of nitrogens with zero attached hydrogens (tertiary/aromatic N) is 2. The van der Waals surface area contributed by atoms with Crippen molar-refractivity contribution in [1.29, 1.82) is 0 Å². The molecule has 1 saturated heterocycles. The van der Waals surface area contributed by atoms with Gasteiger partial charge in [-0.1, -0.05) is 24.3 Å². The minimum atomic E-state index is -5.04. The quantitative estimate of drug-likeness (QED) is 0.110. The van der Waals surface area contributed by atoms with E-state index in [1.807, 2.05) is 24.3 Å². The molecule has 3 atom stereocenters. The predicted octanol–water partition coefficient (Wildman–Crippen LogP) is 5.10. The summed E-state index contributed by atoms with van der Waals surface area (Å²) in [5.74, 6) is -5.21. The lowest BCUT2D eigenvalue weighted by Crippen LogP contribution is -2.44. The maximum absolute atomic E-state index is 14.1. The molecule has 0 bridgehead atoms. The highest BCUT2D eigenvalue weighted by Gasteiger charge is 2.53. The molecule has 13 heteroatoms. The fraction of sp³-hybridized carbons (Fsp3) is 0.414. The summed E-state index contributed by atoms with van der Waals surface area (Å²) in [6, 6.07) is 12.1. The molecule has 0 radical (unpaired) electrons. The van der Waals surface area contributed by atoms with Gasteiger partial charge >= 0.3 is 18.1 Å². The van der Waals surface area contributed by atoms with Gasteiger partial charge in [0.25, 0.3) is 5.69 Å². The van der Waals surface area contributed by atoms with Crippen LogP contribution in [0.25, 0.3) is 0 Å². The number of ether oxygens (including phenoxy) is 4. The zero-order chi connectivity index (χ0) is 30.4. The molecule has 1 fully saturated rings. The Hall–Kier alpha value is -4.26. The zero-order valence-corrected chi connectivity index (χ0v) is 22.9. The second-order valence-electron chi connectivity index (χ2n) is 9.70. The lowest BCUT2D eigenvalue weighted by Gasteiger charge is -2.33. The number of non-ortho nitro benzene ring substituents is 1. The van der Waals surface area contributed by atoms with E-state index in [1.165, 1.54) is 26.0 Å². The summed E-state index contributed by atoms with van der Waals surface area (Å²) in [5.41, 5.74) is -1.59. The number of esters is 2. The van der Waals surface area contributed by atoms with Crippen molar-refractivity contribution in [1.82, 2.24) is 0 Å². The Labute approximate surface area is 239 Å². The minimum absolute atomic E-state index is 0.0549. The number of carbonyl (C=O) groups excluding carboxylic acids is 2. The molecule has 3 unspecified atom stereocenters. The molecule has 224 valence electrons. The average molecular weight is 591 g/mol. The molecule has 2 aromatic rings. The molecule has 42 heavy (non-hydrogen) atoms. The van der Waals surface area contributed by atoms with E-state index in [4.69, 9.17) is 18.9 Å². The molecule has 2 heterocycles. The van der Waals surface area contributed by atoms with E-state index < -0.39 is 46.3 Å². The number of allylic oxidation sites excluding steroid dienone is 1. The molecule has 0 saturated carbocycles. The summed E-state index contributed by atoms with van der Waals surface area (Å²) in [5, 5.41) is 11.4. The van der Waals surface area contributed by atoms with Crippen molar-refractivity contribution < 1.29 is 46.6 Å². The summed E-state index contributed by atoms with van der Waals surface area (Å²) in [6.45, 7) is 3.49. The number of aliphatic imine (C=N–C) groups is 1. The molecule has 2 aromatic carbocycles. The number of rotatable bonds is 12. The number of epoxide rings is 1. The van der Waals surface area contributed by atoms with E-state index in [9.17, 15) is 32.9 Å². The predicted molar refractivity (Wildman–Crippen MR) is 143 cm³/mol. The first-order valence-electron chi connectivity index (χ1n) is 13.3. The van der Waals surface area contributed by atoms with E-state index in [1.54, 1.807) is 0 Å². The third-order valence-electron chi connectivity index (χ3n) is 6.71. The summed E-state index contributed by atoms with van der Waals surface area (Å²) >= 11 is 0. The maximum atomic E-state index is 14.1. The van der Waals surface area contributed by atoms with Gasteiger partial charge in [-0.25, -0.2) is 4.79 Å². The number of nitro groups is 1.